The Hall–Kier alpha value is -4.43. The van der Waals surface area contributed by atoms with Crippen molar-refractivity contribution in [1.82, 2.24) is 14.5 Å². The van der Waals surface area contributed by atoms with E-state index >= 15 is 0 Å². The van der Waals surface area contributed by atoms with Crippen LogP contribution < -0.4 is 15.2 Å². The highest BCUT2D eigenvalue weighted by Gasteiger charge is 2.30. The van der Waals surface area contributed by atoms with Crippen molar-refractivity contribution >= 4 is 22.6 Å². The summed E-state index contributed by atoms with van der Waals surface area (Å²) in [6.07, 6.45) is 3.56. The molecule has 1 aliphatic rings. The third-order valence-electron chi connectivity index (χ3n) is 6.11. The molecule has 3 aromatic rings. The Bertz CT molecular complexity index is 1380. The second kappa shape index (κ2) is 9.21. The molecule has 8 heteroatoms. The fraction of sp³-hybridized carbons (Fsp3) is 0.269. The first-order valence-corrected chi connectivity index (χ1v) is 10.8. The molecule has 0 spiro atoms. The van der Waals surface area contributed by atoms with Gasteiger partial charge in [-0.2, -0.15) is 5.26 Å². The smallest absolute Gasteiger partial charge is 0.246 e. The van der Waals surface area contributed by atoms with Gasteiger partial charge in [0.25, 0.3) is 0 Å². The topological polar surface area (TPSA) is 106 Å². The van der Waals surface area contributed by atoms with Crippen molar-refractivity contribution in [2.24, 2.45) is 0 Å². The number of nitriles is 1. The van der Waals surface area contributed by atoms with Crippen molar-refractivity contribution in [3.05, 3.63) is 59.4 Å². The van der Waals surface area contributed by atoms with Crippen LogP contribution in [0.3, 0.4) is 0 Å². The highest BCUT2D eigenvalue weighted by atomic mass is 16.5. The minimum Gasteiger partial charge on any atom is -0.497 e. The molecule has 3 heterocycles. The third kappa shape index (κ3) is 3.91. The first-order chi connectivity index (χ1) is 16.4. The number of carbonyl (C=O) groups excluding carboxylic acids is 1. The van der Waals surface area contributed by atoms with Crippen LogP contribution in [0.15, 0.2) is 37.1 Å². The van der Waals surface area contributed by atoms with Crippen LogP contribution in [0.1, 0.15) is 34.8 Å². The average Bonchev–Trinajstić information content (AvgIpc) is 3.45. The van der Waals surface area contributed by atoms with E-state index < -0.39 is 0 Å². The predicted molar refractivity (Wildman–Crippen MR) is 130 cm³/mol. The number of anilines is 1. The second-order valence-corrected chi connectivity index (χ2v) is 8.01. The van der Waals surface area contributed by atoms with Gasteiger partial charge in [0.1, 0.15) is 23.4 Å². The normalized spacial score (nSPS) is 14.9. The van der Waals surface area contributed by atoms with E-state index in [9.17, 15) is 10.1 Å². The zero-order valence-electron chi connectivity index (χ0n) is 19.4. The van der Waals surface area contributed by atoms with Crippen LogP contribution in [0.2, 0.25) is 0 Å². The average molecular weight is 456 g/mol. The second-order valence-electron chi connectivity index (χ2n) is 8.01. The molecule has 2 aromatic heterocycles. The van der Waals surface area contributed by atoms with E-state index in [0.717, 1.165) is 12.1 Å². The minimum atomic E-state index is -0.106. The number of nitrogen functional groups attached to an aromatic ring is 1. The van der Waals surface area contributed by atoms with Gasteiger partial charge in [0, 0.05) is 36.6 Å². The van der Waals surface area contributed by atoms with E-state index in [-0.39, 0.29) is 11.9 Å². The summed E-state index contributed by atoms with van der Waals surface area (Å²) in [6, 6.07) is 7.63. The number of likely N-dealkylation sites (tertiary alicyclic amines) is 1. The zero-order valence-corrected chi connectivity index (χ0v) is 19.4. The van der Waals surface area contributed by atoms with Crippen molar-refractivity contribution in [3.63, 3.8) is 0 Å². The zero-order chi connectivity index (χ0) is 24.4. The quantitative estimate of drug-likeness (QED) is 0.478. The van der Waals surface area contributed by atoms with Crippen LogP contribution in [-0.4, -0.2) is 47.7 Å². The summed E-state index contributed by atoms with van der Waals surface area (Å²) in [5, 5.41) is 10.5. The van der Waals surface area contributed by atoms with Crippen LogP contribution >= 0.6 is 0 Å². The lowest BCUT2D eigenvalue weighted by molar-refractivity contribution is -0.125. The molecule has 1 fully saturated rings. The van der Waals surface area contributed by atoms with Gasteiger partial charge in [0.05, 0.1) is 42.3 Å². The number of fused-ring (bicyclic) bond motifs is 1. The molecular weight excluding hydrogens is 430 g/mol. The first-order valence-electron chi connectivity index (χ1n) is 10.8. The lowest BCUT2D eigenvalue weighted by Gasteiger charge is -2.18. The SMILES string of the molecule is C=CC(=O)N1CC[C@H](n2c(C)c(C#Cc3cc(OC)cc(OC)c3)c3c(N)ncc(C#N)c32)C1. The summed E-state index contributed by atoms with van der Waals surface area (Å²) in [5.74, 6) is 7.89. The molecule has 0 radical (unpaired) electrons. The molecule has 0 unspecified atom stereocenters. The molecule has 1 amide bonds. The number of carbonyl (C=O) groups is 1. The van der Waals surface area contributed by atoms with Gasteiger partial charge < -0.3 is 24.7 Å². The van der Waals surface area contributed by atoms with Crippen molar-refractivity contribution < 1.29 is 14.3 Å². The molecule has 0 bridgehead atoms. The number of amides is 1. The van der Waals surface area contributed by atoms with E-state index in [4.69, 9.17) is 15.2 Å². The lowest BCUT2D eigenvalue weighted by Crippen LogP contribution is -2.27. The standard InChI is InChI=1S/C26H25N5O3/c1-5-23(32)30-9-8-19(15-30)31-16(2)22(24-25(31)18(13-27)14-29-26(24)28)7-6-17-10-20(33-3)12-21(11-17)34-4/h5,10-12,14,19H,1,8-9,15H2,2-4H3,(H2,28,29)/t19-/m0/s1. The highest BCUT2D eigenvalue weighted by molar-refractivity contribution is 5.99. The van der Waals surface area contributed by atoms with Gasteiger partial charge in [0.2, 0.25) is 5.91 Å². The van der Waals surface area contributed by atoms with Crippen molar-refractivity contribution in [2.75, 3.05) is 33.0 Å². The number of hydrogen-bond acceptors (Lipinski definition) is 6. The Kier molecular flexibility index (Phi) is 6.16. The van der Waals surface area contributed by atoms with Gasteiger partial charge in [-0.3, -0.25) is 4.79 Å². The van der Waals surface area contributed by atoms with Crippen LogP contribution in [-0.2, 0) is 4.79 Å². The van der Waals surface area contributed by atoms with Crippen LogP contribution in [0.4, 0.5) is 5.82 Å². The van der Waals surface area contributed by atoms with Gasteiger partial charge in [-0.1, -0.05) is 18.4 Å². The van der Waals surface area contributed by atoms with Gasteiger partial charge >= 0.3 is 0 Å². The van der Waals surface area contributed by atoms with E-state index in [1.54, 1.807) is 25.2 Å². The predicted octanol–water partition coefficient (Wildman–Crippen LogP) is 3.18. The highest BCUT2D eigenvalue weighted by Crippen LogP contribution is 2.36. The Morgan fingerprint density at radius 3 is 2.59 bits per heavy atom. The maximum atomic E-state index is 12.2. The minimum absolute atomic E-state index is 0.0206. The largest absolute Gasteiger partial charge is 0.497 e. The summed E-state index contributed by atoms with van der Waals surface area (Å²) < 4.78 is 12.8. The monoisotopic (exact) mass is 455 g/mol. The number of rotatable bonds is 4. The lowest BCUT2D eigenvalue weighted by atomic mass is 10.1. The molecule has 2 N–H and O–H groups in total. The Morgan fingerprint density at radius 2 is 1.97 bits per heavy atom. The molecule has 1 aliphatic heterocycles. The first kappa shape index (κ1) is 22.8. The Labute approximate surface area is 198 Å². The van der Waals surface area contributed by atoms with Crippen molar-refractivity contribution in [3.8, 4) is 29.4 Å². The van der Waals surface area contributed by atoms with Crippen LogP contribution in [0, 0.1) is 30.1 Å². The Morgan fingerprint density at radius 1 is 1.26 bits per heavy atom. The molecule has 0 saturated carbocycles. The van der Waals surface area contributed by atoms with E-state index in [1.165, 1.54) is 12.3 Å². The van der Waals surface area contributed by atoms with E-state index in [1.807, 2.05) is 19.1 Å². The molecule has 8 nitrogen and oxygen atoms in total. The molecule has 172 valence electrons. The Balaban J connectivity index is 1.90. The van der Waals surface area contributed by atoms with Crippen LogP contribution in [0.25, 0.3) is 10.9 Å². The number of pyridine rings is 1. The number of methoxy groups -OCH3 is 2. The maximum Gasteiger partial charge on any atom is 0.246 e. The number of hydrogen-bond donors (Lipinski definition) is 1. The molecule has 34 heavy (non-hydrogen) atoms. The van der Waals surface area contributed by atoms with E-state index in [0.29, 0.717) is 58.0 Å². The summed E-state index contributed by atoms with van der Waals surface area (Å²) in [7, 11) is 3.17. The number of nitrogens with zero attached hydrogens (tertiary/aromatic N) is 4. The molecule has 1 aromatic carbocycles. The van der Waals surface area contributed by atoms with Crippen LogP contribution in [0.5, 0.6) is 11.5 Å². The van der Waals surface area contributed by atoms with Gasteiger partial charge in [0.15, 0.2) is 0 Å². The molecule has 1 saturated heterocycles. The third-order valence-corrected chi connectivity index (χ3v) is 6.11. The summed E-state index contributed by atoms with van der Waals surface area (Å²) in [4.78, 5) is 18.2. The molecular formula is C26H25N5O3. The van der Waals surface area contributed by atoms with Gasteiger partial charge in [-0.15, -0.1) is 0 Å². The molecule has 0 aliphatic carbocycles. The molecule has 1 atom stereocenters. The van der Waals surface area contributed by atoms with Gasteiger partial charge in [-0.05, 0) is 31.6 Å². The summed E-state index contributed by atoms with van der Waals surface area (Å²) in [5.41, 5.74) is 9.69. The number of benzene rings is 1. The number of nitrogens with two attached hydrogens (primary N) is 1. The number of ether oxygens (including phenoxy) is 2. The van der Waals surface area contributed by atoms with E-state index in [2.05, 4.69) is 34.0 Å². The van der Waals surface area contributed by atoms with Crippen molar-refractivity contribution in [2.45, 2.75) is 19.4 Å². The van der Waals surface area contributed by atoms with Gasteiger partial charge in [-0.25, -0.2) is 4.98 Å². The molecule has 4 rings (SSSR count). The maximum absolute atomic E-state index is 12.2. The summed E-state index contributed by atoms with van der Waals surface area (Å²) in [6.45, 7) is 6.67. The summed E-state index contributed by atoms with van der Waals surface area (Å²) >= 11 is 0. The number of aromatic nitrogens is 2. The fourth-order valence-corrected chi connectivity index (χ4v) is 4.47. The fourth-order valence-electron chi connectivity index (χ4n) is 4.47. The van der Waals surface area contributed by atoms with Crippen molar-refractivity contribution in [1.29, 1.82) is 5.26 Å².